The molecule has 0 radical (unpaired) electrons. The molecule has 0 aliphatic heterocycles. The summed E-state index contributed by atoms with van der Waals surface area (Å²) in [4.78, 5) is 10.8. The summed E-state index contributed by atoms with van der Waals surface area (Å²) in [6.07, 6.45) is 1.81. The lowest BCUT2D eigenvalue weighted by molar-refractivity contribution is -0.138. The zero-order valence-corrected chi connectivity index (χ0v) is 12.6. The van der Waals surface area contributed by atoms with Crippen LogP contribution < -0.4 is 0 Å². The van der Waals surface area contributed by atoms with Gasteiger partial charge >= 0.3 is 5.97 Å². The van der Waals surface area contributed by atoms with E-state index in [1.807, 2.05) is 6.92 Å². The highest BCUT2D eigenvalue weighted by molar-refractivity contribution is 7.84. The molecule has 7 heteroatoms. The molecular weight excluding hydrogens is 288 g/mol. The van der Waals surface area contributed by atoms with Gasteiger partial charge in [-0.2, -0.15) is 5.10 Å². The highest BCUT2D eigenvalue weighted by atomic mass is 35.5. The summed E-state index contributed by atoms with van der Waals surface area (Å²) < 4.78 is 13.8. The summed E-state index contributed by atoms with van der Waals surface area (Å²) in [5, 5.41) is 13.6. The normalized spacial score (nSPS) is 18.3. The molecule has 19 heavy (non-hydrogen) atoms. The van der Waals surface area contributed by atoms with E-state index in [4.69, 9.17) is 16.7 Å². The molecule has 106 valence electrons. The second-order valence-corrected chi connectivity index (χ2v) is 7.10. The van der Waals surface area contributed by atoms with E-state index in [1.165, 1.54) is 0 Å². The molecule has 0 aromatic carbocycles. The Hall–Kier alpha value is -0.880. The molecule has 1 aromatic rings. The molecule has 5 nitrogen and oxygen atoms in total. The van der Waals surface area contributed by atoms with E-state index >= 15 is 0 Å². The number of aromatic nitrogens is 2. The molecule has 1 fully saturated rings. The van der Waals surface area contributed by atoms with Crippen molar-refractivity contribution in [1.82, 2.24) is 9.78 Å². The van der Waals surface area contributed by atoms with Crippen LogP contribution in [0, 0.1) is 12.3 Å². The van der Waals surface area contributed by atoms with Crippen LogP contribution in [0.5, 0.6) is 0 Å². The van der Waals surface area contributed by atoms with Crippen LogP contribution in [-0.2, 0) is 28.4 Å². The van der Waals surface area contributed by atoms with Gasteiger partial charge in [0.2, 0.25) is 0 Å². The summed E-state index contributed by atoms with van der Waals surface area (Å²) in [6, 6.07) is 0. The molecule has 1 atom stereocenters. The quantitative estimate of drug-likeness (QED) is 0.871. The molecule has 0 amide bonds. The van der Waals surface area contributed by atoms with Crippen LogP contribution >= 0.6 is 11.6 Å². The Bertz CT molecular complexity index is 537. The van der Waals surface area contributed by atoms with Crippen molar-refractivity contribution in [3.05, 3.63) is 16.4 Å². The number of nitrogens with zero attached hydrogens (tertiary/aromatic N) is 2. The van der Waals surface area contributed by atoms with Gasteiger partial charge in [-0.15, -0.1) is 0 Å². The van der Waals surface area contributed by atoms with E-state index in [1.54, 1.807) is 11.7 Å². The third-order valence-electron chi connectivity index (χ3n) is 3.51. The maximum Gasteiger partial charge on any atom is 0.303 e. The van der Waals surface area contributed by atoms with Gasteiger partial charge in [0.1, 0.15) is 0 Å². The summed E-state index contributed by atoms with van der Waals surface area (Å²) in [5.41, 5.74) is 1.23. The van der Waals surface area contributed by atoms with Crippen LogP contribution in [0.3, 0.4) is 0 Å². The van der Waals surface area contributed by atoms with Crippen molar-refractivity contribution in [1.29, 1.82) is 0 Å². The molecule has 1 heterocycles. The van der Waals surface area contributed by atoms with Gasteiger partial charge in [-0.1, -0.05) is 11.6 Å². The van der Waals surface area contributed by atoms with Crippen molar-refractivity contribution in [2.45, 2.75) is 31.9 Å². The van der Waals surface area contributed by atoms with Gasteiger partial charge in [0, 0.05) is 23.6 Å². The lowest BCUT2D eigenvalue weighted by atomic mass is 10.1. The van der Waals surface area contributed by atoms with Gasteiger partial charge in [0.15, 0.2) is 0 Å². The monoisotopic (exact) mass is 304 g/mol. The van der Waals surface area contributed by atoms with Crippen molar-refractivity contribution >= 4 is 28.4 Å². The summed E-state index contributed by atoms with van der Waals surface area (Å²) in [5.74, 6) is -0.0545. The minimum atomic E-state index is -1.11. The van der Waals surface area contributed by atoms with E-state index in [2.05, 4.69) is 5.10 Å². The summed E-state index contributed by atoms with van der Waals surface area (Å²) in [6.45, 7) is 1.81. The number of aryl methyl sites for hydroxylation is 2. The number of carboxylic acid groups (broad SMARTS) is 1. The largest absolute Gasteiger partial charge is 0.481 e. The molecule has 2 rings (SSSR count). The van der Waals surface area contributed by atoms with Gasteiger partial charge in [-0.3, -0.25) is 13.7 Å². The fraction of sp³-hybridized carbons (Fsp3) is 0.667. The molecule has 1 aromatic heterocycles. The number of carboxylic acids is 1. The topological polar surface area (TPSA) is 72.2 Å². The first-order valence-electron chi connectivity index (χ1n) is 6.08. The Morgan fingerprint density at radius 1 is 1.58 bits per heavy atom. The smallest absolute Gasteiger partial charge is 0.303 e. The van der Waals surface area contributed by atoms with E-state index in [9.17, 15) is 9.00 Å². The molecule has 1 aliphatic rings. The molecule has 0 saturated heterocycles. The second-order valence-electron chi connectivity index (χ2n) is 5.27. The first-order valence-corrected chi connectivity index (χ1v) is 7.94. The van der Waals surface area contributed by atoms with Crippen LogP contribution in [-0.4, -0.2) is 30.8 Å². The van der Waals surface area contributed by atoms with Gasteiger partial charge in [-0.25, -0.2) is 0 Å². The molecule has 1 unspecified atom stereocenters. The van der Waals surface area contributed by atoms with Gasteiger partial charge < -0.3 is 5.11 Å². The number of aliphatic carboxylic acids is 1. The number of rotatable bonds is 6. The van der Waals surface area contributed by atoms with Crippen LogP contribution in [0.15, 0.2) is 0 Å². The van der Waals surface area contributed by atoms with Crippen molar-refractivity contribution in [2.24, 2.45) is 12.5 Å². The Balaban J connectivity index is 2.00. The second kappa shape index (κ2) is 5.25. The molecule has 1 saturated carbocycles. The predicted molar refractivity (Wildman–Crippen MR) is 73.6 cm³/mol. The Morgan fingerprint density at radius 3 is 2.63 bits per heavy atom. The van der Waals surface area contributed by atoms with Crippen LogP contribution in [0.1, 0.15) is 30.7 Å². The lowest BCUT2D eigenvalue weighted by Gasteiger charge is -2.12. The van der Waals surface area contributed by atoms with Crippen molar-refractivity contribution in [3.8, 4) is 0 Å². The highest BCUT2D eigenvalue weighted by Gasteiger charge is 2.45. The van der Waals surface area contributed by atoms with Crippen molar-refractivity contribution in [2.75, 3.05) is 5.75 Å². The van der Waals surface area contributed by atoms with E-state index in [-0.39, 0.29) is 11.8 Å². The van der Waals surface area contributed by atoms with Gasteiger partial charge in [-0.05, 0) is 25.2 Å². The maximum absolute atomic E-state index is 12.2. The molecule has 0 bridgehead atoms. The third kappa shape index (κ3) is 3.36. The van der Waals surface area contributed by atoms with Crippen molar-refractivity contribution < 1.29 is 14.1 Å². The van der Waals surface area contributed by atoms with Gasteiger partial charge in [0.25, 0.3) is 0 Å². The summed E-state index contributed by atoms with van der Waals surface area (Å²) >= 11 is 6.12. The Kier molecular flexibility index (Phi) is 4.01. The highest BCUT2D eigenvalue weighted by Crippen LogP contribution is 2.49. The SMILES string of the molecule is Cc1nn(C)c(CS(=O)CC2(CC(=O)O)CC2)c1Cl. The molecule has 1 N–H and O–H groups in total. The predicted octanol–water partition coefficient (Wildman–Crippen LogP) is 1.89. The minimum Gasteiger partial charge on any atom is -0.481 e. The zero-order valence-electron chi connectivity index (χ0n) is 11.0. The van der Waals surface area contributed by atoms with Crippen LogP contribution in [0.4, 0.5) is 0 Å². The van der Waals surface area contributed by atoms with E-state index in [0.29, 0.717) is 16.5 Å². The fourth-order valence-electron chi connectivity index (χ4n) is 2.25. The number of halogens is 1. The van der Waals surface area contributed by atoms with Crippen molar-refractivity contribution in [3.63, 3.8) is 0 Å². The molecular formula is C12H17ClN2O3S. The fourth-order valence-corrected chi connectivity index (χ4v) is 4.37. The standard InChI is InChI=1S/C12H17ClN2O3S/c1-8-11(13)9(15(2)14-8)6-19(18)7-12(3-4-12)5-10(16)17/h3-7H2,1-2H3,(H,16,17). The lowest BCUT2D eigenvalue weighted by Crippen LogP contribution is -2.18. The third-order valence-corrected chi connectivity index (χ3v) is 5.53. The zero-order chi connectivity index (χ0) is 14.2. The average molecular weight is 305 g/mol. The van der Waals surface area contributed by atoms with Crippen LogP contribution in [0.25, 0.3) is 0 Å². The van der Waals surface area contributed by atoms with Crippen LogP contribution in [0.2, 0.25) is 5.02 Å². The maximum atomic E-state index is 12.2. The number of hydrogen-bond donors (Lipinski definition) is 1. The minimum absolute atomic E-state index is 0.108. The first-order chi connectivity index (χ1) is 8.83. The molecule has 1 aliphatic carbocycles. The van der Waals surface area contributed by atoms with E-state index < -0.39 is 16.8 Å². The average Bonchev–Trinajstić information content (AvgIpc) is 2.97. The number of carbonyl (C=O) groups is 1. The summed E-state index contributed by atoms with van der Waals surface area (Å²) in [7, 11) is 0.663. The number of hydrogen-bond acceptors (Lipinski definition) is 3. The van der Waals surface area contributed by atoms with Gasteiger partial charge in [0.05, 0.1) is 28.6 Å². The Labute approximate surface area is 119 Å². The Morgan fingerprint density at radius 2 is 2.21 bits per heavy atom. The van der Waals surface area contributed by atoms with E-state index in [0.717, 1.165) is 24.2 Å². The first kappa shape index (κ1) is 14.5. The molecule has 0 spiro atoms.